The van der Waals surface area contributed by atoms with Crippen molar-refractivity contribution in [1.29, 1.82) is 0 Å². The molecule has 0 amide bonds. The molecule has 0 radical (unpaired) electrons. The van der Waals surface area contributed by atoms with Gasteiger partial charge in [-0.25, -0.2) is 9.48 Å². The molecule has 0 aliphatic carbocycles. The van der Waals surface area contributed by atoms with E-state index in [4.69, 9.17) is 0 Å². The normalized spacial score (nSPS) is 14.1. The molecule has 25 heavy (non-hydrogen) atoms. The summed E-state index contributed by atoms with van der Waals surface area (Å²) in [5.41, 5.74) is 8.69. The molecule has 0 N–H and O–H groups in total. The highest BCUT2D eigenvalue weighted by atomic mass is 15.3. The second-order valence-electron chi connectivity index (χ2n) is 6.77. The molecule has 132 valence electrons. The van der Waals surface area contributed by atoms with E-state index in [2.05, 4.69) is 79.9 Å². The van der Waals surface area contributed by atoms with Crippen LogP contribution in [-0.2, 0) is 25.7 Å². The number of benzene rings is 2. The summed E-state index contributed by atoms with van der Waals surface area (Å²) in [6.07, 6.45) is 6.68. The average Bonchev–Trinajstić information content (AvgIpc) is 3.15. The van der Waals surface area contributed by atoms with Crippen molar-refractivity contribution in [2.45, 2.75) is 53.4 Å². The Morgan fingerprint density at radius 3 is 1.72 bits per heavy atom. The molecule has 0 bridgehead atoms. The van der Waals surface area contributed by atoms with E-state index in [1.165, 1.54) is 33.6 Å². The molecule has 3 rings (SSSR count). The highest BCUT2D eigenvalue weighted by Crippen LogP contribution is 2.31. The van der Waals surface area contributed by atoms with Gasteiger partial charge in [-0.15, -0.1) is 0 Å². The third kappa shape index (κ3) is 3.35. The van der Waals surface area contributed by atoms with E-state index in [0.717, 1.165) is 38.8 Å². The Hall–Kier alpha value is -2.09. The minimum atomic E-state index is 1.06. The molecule has 2 aromatic carbocycles. The lowest BCUT2D eigenvalue weighted by molar-refractivity contribution is -0.425. The Morgan fingerprint density at radius 2 is 1.24 bits per heavy atom. The maximum Gasteiger partial charge on any atom is 0.244 e. The molecule has 1 aliphatic rings. The van der Waals surface area contributed by atoms with Crippen LogP contribution < -0.4 is 4.90 Å². The van der Waals surface area contributed by atoms with Gasteiger partial charge in [-0.1, -0.05) is 64.1 Å². The number of hydrogen-bond acceptors (Lipinski definition) is 1. The van der Waals surface area contributed by atoms with Crippen LogP contribution in [0.2, 0.25) is 0 Å². The topological polar surface area (TPSA) is 6.25 Å². The van der Waals surface area contributed by atoms with Gasteiger partial charge in [-0.3, -0.25) is 0 Å². The van der Waals surface area contributed by atoms with E-state index in [0.29, 0.717) is 0 Å². The van der Waals surface area contributed by atoms with Crippen molar-refractivity contribution >= 4 is 17.7 Å². The summed E-state index contributed by atoms with van der Waals surface area (Å²) in [6, 6.07) is 13.5. The first-order valence-electron chi connectivity index (χ1n) is 9.83. The highest BCUT2D eigenvalue weighted by Gasteiger charge is 2.28. The zero-order valence-corrected chi connectivity index (χ0v) is 16.2. The highest BCUT2D eigenvalue weighted by molar-refractivity contribution is 5.82. The summed E-state index contributed by atoms with van der Waals surface area (Å²) in [7, 11) is 0. The Labute approximate surface area is 152 Å². The minimum Gasteiger partial charge on any atom is -0.229 e. The third-order valence-electron chi connectivity index (χ3n) is 5.36. The Bertz CT molecular complexity index is 729. The molecule has 0 fully saturated rings. The van der Waals surface area contributed by atoms with Gasteiger partial charge in [0, 0.05) is 0 Å². The molecule has 0 saturated heterocycles. The smallest absolute Gasteiger partial charge is 0.229 e. The number of hydrogen-bond donors (Lipinski definition) is 0. The zero-order valence-electron chi connectivity index (χ0n) is 16.2. The van der Waals surface area contributed by atoms with Crippen molar-refractivity contribution < 1.29 is 4.58 Å². The van der Waals surface area contributed by atoms with Crippen molar-refractivity contribution in [2.24, 2.45) is 0 Å². The maximum atomic E-state index is 2.48. The SMILES string of the molecule is CCc1cccc(CC)c1N1C=[N+](c2c(CC)cccc2CC)CC1. The maximum absolute atomic E-state index is 2.48. The standard InChI is InChI=1S/C23H31N2/c1-5-18-11-9-12-19(6-2)22(18)24-15-16-25(17-24)23-20(7-3)13-10-14-21(23)8-4/h9-14,17H,5-8,15-16H2,1-4H3/q+1. The summed E-state index contributed by atoms with van der Waals surface area (Å²) in [5, 5.41) is 0. The molecule has 2 aromatic rings. The monoisotopic (exact) mass is 335 g/mol. The predicted octanol–water partition coefficient (Wildman–Crippen LogP) is 5.13. The number of para-hydroxylation sites is 2. The summed E-state index contributed by atoms with van der Waals surface area (Å²) in [6.45, 7) is 11.2. The van der Waals surface area contributed by atoms with Crippen molar-refractivity contribution in [3.63, 3.8) is 0 Å². The minimum absolute atomic E-state index is 1.06. The summed E-state index contributed by atoms with van der Waals surface area (Å²) >= 11 is 0. The predicted molar refractivity (Wildman–Crippen MR) is 109 cm³/mol. The van der Waals surface area contributed by atoms with Gasteiger partial charge in [0.05, 0.1) is 0 Å². The van der Waals surface area contributed by atoms with Crippen molar-refractivity contribution in [1.82, 2.24) is 0 Å². The molecular weight excluding hydrogens is 304 g/mol. The summed E-state index contributed by atoms with van der Waals surface area (Å²) < 4.78 is 2.48. The molecule has 0 aromatic heterocycles. The van der Waals surface area contributed by atoms with E-state index in [1.807, 2.05) is 0 Å². The van der Waals surface area contributed by atoms with Crippen LogP contribution in [0.25, 0.3) is 0 Å². The number of nitrogens with zero attached hydrogens (tertiary/aromatic N) is 2. The van der Waals surface area contributed by atoms with Gasteiger partial charge in [0.2, 0.25) is 6.34 Å². The zero-order chi connectivity index (χ0) is 17.8. The quantitative estimate of drug-likeness (QED) is 0.663. The Kier molecular flexibility index (Phi) is 5.57. The molecule has 2 heteroatoms. The van der Waals surface area contributed by atoms with E-state index in [1.54, 1.807) is 0 Å². The number of aryl methyl sites for hydroxylation is 4. The fourth-order valence-electron chi connectivity index (χ4n) is 4.01. The third-order valence-corrected chi connectivity index (χ3v) is 5.36. The number of rotatable bonds is 6. The Morgan fingerprint density at radius 1 is 0.760 bits per heavy atom. The molecule has 1 heterocycles. The van der Waals surface area contributed by atoms with Crippen LogP contribution in [0.5, 0.6) is 0 Å². The van der Waals surface area contributed by atoms with E-state index < -0.39 is 0 Å². The number of anilines is 1. The molecule has 0 atom stereocenters. The second-order valence-corrected chi connectivity index (χ2v) is 6.77. The van der Waals surface area contributed by atoms with Crippen molar-refractivity contribution in [3.05, 3.63) is 58.7 Å². The van der Waals surface area contributed by atoms with E-state index in [-0.39, 0.29) is 0 Å². The fraction of sp³-hybridized carbons (Fsp3) is 0.435. The van der Waals surface area contributed by atoms with Gasteiger partial charge >= 0.3 is 0 Å². The largest absolute Gasteiger partial charge is 0.244 e. The van der Waals surface area contributed by atoms with Gasteiger partial charge in [-0.2, -0.15) is 0 Å². The molecule has 0 saturated carbocycles. The lowest BCUT2D eigenvalue weighted by Crippen LogP contribution is -2.21. The lowest BCUT2D eigenvalue weighted by atomic mass is 10.0. The van der Waals surface area contributed by atoms with E-state index in [9.17, 15) is 0 Å². The van der Waals surface area contributed by atoms with Crippen LogP contribution in [0.15, 0.2) is 36.4 Å². The first-order chi connectivity index (χ1) is 12.2. The van der Waals surface area contributed by atoms with Gasteiger partial charge in [0.15, 0.2) is 0 Å². The van der Waals surface area contributed by atoms with Crippen LogP contribution in [0.3, 0.4) is 0 Å². The molecular formula is C23H31N2+. The first-order valence-corrected chi connectivity index (χ1v) is 9.83. The molecule has 1 aliphatic heterocycles. The van der Waals surface area contributed by atoms with Gasteiger partial charge in [0.25, 0.3) is 0 Å². The van der Waals surface area contributed by atoms with Gasteiger partial charge in [0.1, 0.15) is 24.5 Å². The van der Waals surface area contributed by atoms with Crippen molar-refractivity contribution in [2.75, 3.05) is 18.0 Å². The Balaban J connectivity index is 2.06. The fourth-order valence-corrected chi connectivity index (χ4v) is 4.01. The van der Waals surface area contributed by atoms with Crippen LogP contribution in [-0.4, -0.2) is 24.0 Å². The summed E-state index contributed by atoms with van der Waals surface area (Å²) in [4.78, 5) is 2.48. The van der Waals surface area contributed by atoms with Crippen LogP contribution in [0, 0.1) is 0 Å². The van der Waals surface area contributed by atoms with Crippen LogP contribution >= 0.6 is 0 Å². The van der Waals surface area contributed by atoms with Gasteiger partial charge in [-0.05, 0) is 47.9 Å². The second kappa shape index (κ2) is 7.86. The van der Waals surface area contributed by atoms with Crippen molar-refractivity contribution in [3.8, 4) is 0 Å². The first kappa shape index (κ1) is 17.7. The van der Waals surface area contributed by atoms with E-state index >= 15 is 0 Å². The van der Waals surface area contributed by atoms with Gasteiger partial charge < -0.3 is 0 Å². The molecule has 2 nitrogen and oxygen atoms in total. The lowest BCUT2D eigenvalue weighted by Gasteiger charge is -2.15. The summed E-state index contributed by atoms with van der Waals surface area (Å²) in [5.74, 6) is 0. The van der Waals surface area contributed by atoms with Crippen LogP contribution in [0.4, 0.5) is 11.4 Å². The van der Waals surface area contributed by atoms with Crippen LogP contribution in [0.1, 0.15) is 49.9 Å². The molecule has 0 unspecified atom stereocenters. The average molecular weight is 336 g/mol. The molecule has 0 spiro atoms.